The highest BCUT2D eigenvalue weighted by molar-refractivity contribution is 5.73. The van der Waals surface area contributed by atoms with E-state index in [1.54, 1.807) is 19.2 Å². The number of hydrogen-bond donors (Lipinski definition) is 0. The Bertz CT molecular complexity index is 483. The minimum atomic E-state index is 0.120. The maximum atomic E-state index is 11.3. The minimum absolute atomic E-state index is 0.120. The molecule has 0 aromatic carbocycles. The molecule has 0 bridgehead atoms. The fraction of sp³-hybridized carbons (Fsp3) is 0.500. The lowest BCUT2D eigenvalue weighted by Crippen LogP contribution is -2.45. The second-order valence-electron chi connectivity index (χ2n) is 4.87. The Balaban J connectivity index is 1.96. The number of aromatic nitrogens is 1. The van der Waals surface area contributed by atoms with Gasteiger partial charge in [-0.1, -0.05) is 0 Å². The van der Waals surface area contributed by atoms with E-state index in [1.807, 2.05) is 18.0 Å². The first-order valence-corrected chi connectivity index (χ1v) is 6.46. The molecule has 1 aromatic rings. The van der Waals surface area contributed by atoms with E-state index >= 15 is 0 Å². The van der Waals surface area contributed by atoms with Crippen LogP contribution in [-0.2, 0) is 4.79 Å². The number of piperidine rings is 1. The summed E-state index contributed by atoms with van der Waals surface area (Å²) in [6, 6.07) is 6.06. The summed E-state index contributed by atoms with van der Waals surface area (Å²) in [5, 5.41) is 8.75. The predicted molar refractivity (Wildman–Crippen MR) is 72.6 cm³/mol. The fourth-order valence-electron chi connectivity index (χ4n) is 2.38. The standard InChI is InChI=1S/C14H18N4O/c1-11(19)17(2)13-5-7-18(8-6-13)14-4-3-12(9-15)10-16-14/h3-4,10,13H,5-8H2,1-2H3. The van der Waals surface area contributed by atoms with Gasteiger partial charge in [0.05, 0.1) is 5.56 Å². The molecule has 19 heavy (non-hydrogen) atoms. The van der Waals surface area contributed by atoms with Crippen LogP contribution in [0.1, 0.15) is 25.3 Å². The van der Waals surface area contributed by atoms with Gasteiger partial charge in [0.2, 0.25) is 5.91 Å². The molecule has 0 radical (unpaired) electrons. The van der Waals surface area contributed by atoms with E-state index in [9.17, 15) is 4.79 Å². The number of rotatable bonds is 2. The van der Waals surface area contributed by atoms with Crippen LogP contribution in [0.5, 0.6) is 0 Å². The zero-order valence-corrected chi connectivity index (χ0v) is 11.3. The lowest BCUT2D eigenvalue weighted by Gasteiger charge is -2.36. The van der Waals surface area contributed by atoms with Gasteiger partial charge in [-0.3, -0.25) is 4.79 Å². The topological polar surface area (TPSA) is 60.2 Å². The van der Waals surface area contributed by atoms with Crippen LogP contribution in [0.3, 0.4) is 0 Å². The summed E-state index contributed by atoms with van der Waals surface area (Å²) in [6.07, 6.45) is 3.51. The predicted octanol–water partition coefficient (Wildman–Crippen LogP) is 1.40. The second-order valence-corrected chi connectivity index (χ2v) is 4.87. The molecule has 100 valence electrons. The van der Waals surface area contributed by atoms with Crippen molar-refractivity contribution in [3.8, 4) is 6.07 Å². The van der Waals surface area contributed by atoms with Crippen molar-refractivity contribution in [3.63, 3.8) is 0 Å². The van der Waals surface area contributed by atoms with Gasteiger partial charge in [0.15, 0.2) is 0 Å². The van der Waals surface area contributed by atoms with E-state index in [0.29, 0.717) is 11.6 Å². The van der Waals surface area contributed by atoms with Crippen LogP contribution in [0.4, 0.5) is 5.82 Å². The lowest BCUT2D eigenvalue weighted by atomic mass is 10.0. The first kappa shape index (κ1) is 13.3. The summed E-state index contributed by atoms with van der Waals surface area (Å²) < 4.78 is 0. The van der Waals surface area contributed by atoms with Gasteiger partial charge in [-0.2, -0.15) is 5.26 Å². The third-order valence-electron chi connectivity index (χ3n) is 3.71. The maximum Gasteiger partial charge on any atom is 0.219 e. The highest BCUT2D eigenvalue weighted by Crippen LogP contribution is 2.20. The van der Waals surface area contributed by atoms with Gasteiger partial charge in [0.1, 0.15) is 11.9 Å². The number of amides is 1. The maximum absolute atomic E-state index is 11.3. The third kappa shape index (κ3) is 3.02. The van der Waals surface area contributed by atoms with Gasteiger partial charge in [-0.15, -0.1) is 0 Å². The van der Waals surface area contributed by atoms with Crippen molar-refractivity contribution in [2.45, 2.75) is 25.8 Å². The molecule has 0 aliphatic carbocycles. The Morgan fingerprint density at radius 1 is 1.47 bits per heavy atom. The molecule has 0 N–H and O–H groups in total. The Morgan fingerprint density at radius 2 is 2.16 bits per heavy atom. The number of carbonyl (C=O) groups excluding carboxylic acids is 1. The van der Waals surface area contributed by atoms with E-state index < -0.39 is 0 Å². The van der Waals surface area contributed by atoms with Crippen molar-refractivity contribution in [1.29, 1.82) is 5.26 Å². The summed E-state index contributed by atoms with van der Waals surface area (Å²) in [6.45, 7) is 3.39. The van der Waals surface area contributed by atoms with Crippen molar-refractivity contribution in [3.05, 3.63) is 23.9 Å². The van der Waals surface area contributed by atoms with Crippen LogP contribution in [0.15, 0.2) is 18.3 Å². The summed E-state index contributed by atoms with van der Waals surface area (Å²) in [7, 11) is 1.86. The summed E-state index contributed by atoms with van der Waals surface area (Å²) in [5.41, 5.74) is 0.579. The lowest BCUT2D eigenvalue weighted by molar-refractivity contribution is -0.129. The number of hydrogen-bond acceptors (Lipinski definition) is 4. The monoisotopic (exact) mass is 258 g/mol. The molecule has 1 saturated heterocycles. The summed E-state index contributed by atoms with van der Waals surface area (Å²) in [5.74, 6) is 1.03. The molecular weight excluding hydrogens is 240 g/mol. The van der Waals surface area contributed by atoms with Gasteiger partial charge in [0.25, 0.3) is 0 Å². The largest absolute Gasteiger partial charge is 0.356 e. The highest BCUT2D eigenvalue weighted by atomic mass is 16.2. The molecule has 5 nitrogen and oxygen atoms in total. The molecule has 0 atom stereocenters. The van der Waals surface area contributed by atoms with E-state index in [4.69, 9.17) is 5.26 Å². The Hall–Kier alpha value is -2.09. The SMILES string of the molecule is CC(=O)N(C)C1CCN(c2ccc(C#N)cn2)CC1. The number of anilines is 1. The molecule has 5 heteroatoms. The minimum Gasteiger partial charge on any atom is -0.356 e. The molecule has 1 aromatic heterocycles. The third-order valence-corrected chi connectivity index (χ3v) is 3.71. The first-order chi connectivity index (χ1) is 9.11. The molecule has 0 spiro atoms. The Morgan fingerprint density at radius 3 is 2.63 bits per heavy atom. The molecule has 2 heterocycles. The van der Waals surface area contributed by atoms with Crippen LogP contribution >= 0.6 is 0 Å². The van der Waals surface area contributed by atoms with Gasteiger partial charge < -0.3 is 9.80 Å². The first-order valence-electron chi connectivity index (χ1n) is 6.46. The average Bonchev–Trinajstić information content (AvgIpc) is 2.46. The number of pyridine rings is 1. The van der Waals surface area contributed by atoms with Gasteiger partial charge in [-0.25, -0.2) is 4.98 Å². The van der Waals surface area contributed by atoms with Crippen LogP contribution in [0, 0.1) is 11.3 Å². The van der Waals surface area contributed by atoms with Crippen molar-refractivity contribution < 1.29 is 4.79 Å². The fourth-order valence-corrected chi connectivity index (χ4v) is 2.38. The molecule has 2 rings (SSSR count). The van der Waals surface area contributed by atoms with Crippen LogP contribution in [-0.4, -0.2) is 42.0 Å². The summed E-state index contributed by atoms with van der Waals surface area (Å²) >= 11 is 0. The van der Waals surface area contributed by atoms with E-state index in [1.165, 1.54) is 0 Å². The molecule has 0 saturated carbocycles. The van der Waals surface area contributed by atoms with Crippen molar-refractivity contribution in [2.75, 3.05) is 25.0 Å². The molecule has 0 unspecified atom stereocenters. The van der Waals surface area contributed by atoms with E-state index in [2.05, 4.69) is 16.0 Å². The molecule has 1 fully saturated rings. The quantitative estimate of drug-likeness (QED) is 0.804. The molecule has 1 amide bonds. The van der Waals surface area contributed by atoms with Gasteiger partial charge in [-0.05, 0) is 25.0 Å². The smallest absolute Gasteiger partial charge is 0.219 e. The zero-order chi connectivity index (χ0) is 13.8. The average molecular weight is 258 g/mol. The number of carbonyl (C=O) groups is 1. The molecular formula is C14H18N4O. The van der Waals surface area contributed by atoms with Crippen LogP contribution in [0.25, 0.3) is 0 Å². The van der Waals surface area contributed by atoms with Crippen LogP contribution in [0.2, 0.25) is 0 Å². The van der Waals surface area contributed by atoms with Crippen molar-refractivity contribution in [2.24, 2.45) is 0 Å². The van der Waals surface area contributed by atoms with Crippen LogP contribution < -0.4 is 4.90 Å². The summed E-state index contributed by atoms with van der Waals surface area (Å²) in [4.78, 5) is 19.7. The zero-order valence-electron chi connectivity index (χ0n) is 11.3. The molecule has 1 aliphatic heterocycles. The second kappa shape index (κ2) is 5.70. The number of nitriles is 1. The van der Waals surface area contributed by atoms with Crippen molar-refractivity contribution in [1.82, 2.24) is 9.88 Å². The normalized spacial score (nSPS) is 15.9. The van der Waals surface area contributed by atoms with E-state index in [-0.39, 0.29) is 5.91 Å². The Labute approximate surface area is 113 Å². The highest BCUT2D eigenvalue weighted by Gasteiger charge is 2.24. The van der Waals surface area contributed by atoms with E-state index in [0.717, 1.165) is 31.7 Å². The Kier molecular flexibility index (Phi) is 4.00. The molecule has 1 aliphatic rings. The van der Waals surface area contributed by atoms with Gasteiger partial charge >= 0.3 is 0 Å². The number of nitrogens with zero attached hydrogens (tertiary/aromatic N) is 4. The van der Waals surface area contributed by atoms with Crippen molar-refractivity contribution >= 4 is 11.7 Å². The van der Waals surface area contributed by atoms with Gasteiger partial charge in [0, 0.05) is 39.3 Å².